The first-order chi connectivity index (χ1) is 12.5. The van der Waals surface area contributed by atoms with E-state index in [0.29, 0.717) is 32.5 Å². The maximum atomic E-state index is 12.7. The summed E-state index contributed by atoms with van der Waals surface area (Å²) < 4.78 is 10.2. The molecule has 0 aliphatic carbocycles. The molecule has 0 aromatic rings. The van der Waals surface area contributed by atoms with Gasteiger partial charge in [0.15, 0.2) is 0 Å². The van der Waals surface area contributed by atoms with Gasteiger partial charge in [-0.3, -0.25) is 4.90 Å². The average Bonchev–Trinajstić information content (AvgIpc) is 2.67. The van der Waals surface area contributed by atoms with Crippen molar-refractivity contribution in [1.82, 2.24) is 9.80 Å². The number of hydrogen-bond donors (Lipinski definition) is 2. The Kier molecular flexibility index (Phi) is 7.67. The first-order valence-electron chi connectivity index (χ1n) is 9.67. The zero-order valence-corrected chi connectivity index (χ0v) is 15.9. The lowest BCUT2D eigenvalue weighted by atomic mass is 9.81. The fraction of sp³-hybridized carbons (Fsp3) is 0.889. The summed E-state index contributed by atoms with van der Waals surface area (Å²) in [6, 6.07) is -0.487. The van der Waals surface area contributed by atoms with E-state index in [9.17, 15) is 19.8 Å². The standard InChI is InChI=1S/C18H32N2O6/c1-3-25-16(22)18(24,19-9-6-5-7-10-19)14-8-11-20(15(12-14)13-21)17(23)26-4-2/h14-15,21,24H,3-13H2,1-2H3. The summed E-state index contributed by atoms with van der Waals surface area (Å²) in [6.07, 6.45) is 3.22. The Bertz CT molecular complexity index is 482. The third-order valence-corrected chi connectivity index (χ3v) is 5.41. The zero-order chi connectivity index (χ0) is 19.2. The van der Waals surface area contributed by atoms with Crippen molar-refractivity contribution in [3.8, 4) is 0 Å². The Morgan fingerprint density at radius 2 is 1.73 bits per heavy atom. The molecule has 2 rings (SSSR count). The van der Waals surface area contributed by atoms with E-state index in [1.807, 2.05) is 4.90 Å². The SMILES string of the molecule is CCOC(=O)N1CCC(C(O)(C(=O)OCC)N2CCCCC2)CC1CO. The fourth-order valence-corrected chi connectivity index (χ4v) is 4.06. The molecule has 2 heterocycles. The van der Waals surface area contributed by atoms with Crippen LogP contribution in [0.4, 0.5) is 4.79 Å². The van der Waals surface area contributed by atoms with Crippen LogP contribution >= 0.6 is 0 Å². The van der Waals surface area contributed by atoms with Crippen LogP contribution in [0.3, 0.4) is 0 Å². The van der Waals surface area contributed by atoms with E-state index in [1.54, 1.807) is 13.8 Å². The predicted molar refractivity (Wildman–Crippen MR) is 94.3 cm³/mol. The summed E-state index contributed by atoms with van der Waals surface area (Å²) in [5, 5.41) is 21.2. The minimum absolute atomic E-state index is 0.195. The van der Waals surface area contributed by atoms with Crippen LogP contribution in [0.1, 0.15) is 46.0 Å². The molecule has 3 unspecified atom stereocenters. The molecule has 0 saturated carbocycles. The number of aliphatic hydroxyl groups is 2. The third kappa shape index (κ3) is 4.29. The highest BCUT2D eigenvalue weighted by molar-refractivity contribution is 5.79. The summed E-state index contributed by atoms with van der Waals surface area (Å²) in [5.41, 5.74) is -1.72. The quantitative estimate of drug-likeness (QED) is 0.670. The van der Waals surface area contributed by atoms with E-state index in [1.165, 1.54) is 4.90 Å². The van der Waals surface area contributed by atoms with Crippen LogP contribution in [0.15, 0.2) is 0 Å². The molecular formula is C18H32N2O6. The van der Waals surface area contributed by atoms with Crippen molar-refractivity contribution in [2.24, 2.45) is 5.92 Å². The number of piperidine rings is 2. The summed E-state index contributed by atoms with van der Waals surface area (Å²) in [4.78, 5) is 28.1. The molecule has 1 amide bonds. The molecule has 0 aromatic heterocycles. The van der Waals surface area contributed by atoms with Gasteiger partial charge in [0.05, 0.1) is 25.9 Å². The summed E-state index contributed by atoms with van der Waals surface area (Å²) >= 11 is 0. The largest absolute Gasteiger partial charge is 0.463 e. The number of nitrogens with zero attached hydrogens (tertiary/aromatic N) is 2. The Balaban J connectivity index is 2.20. The molecule has 2 N–H and O–H groups in total. The summed E-state index contributed by atoms with van der Waals surface area (Å²) in [5.74, 6) is -1.05. The molecule has 0 spiro atoms. The van der Waals surface area contributed by atoms with Crippen LogP contribution in [0.2, 0.25) is 0 Å². The number of ether oxygens (including phenoxy) is 2. The Morgan fingerprint density at radius 3 is 2.31 bits per heavy atom. The number of rotatable bonds is 6. The second kappa shape index (κ2) is 9.53. The van der Waals surface area contributed by atoms with Gasteiger partial charge in [0.25, 0.3) is 0 Å². The first-order valence-corrected chi connectivity index (χ1v) is 9.67. The number of carbonyl (C=O) groups is 2. The molecule has 2 fully saturated rings. The van der Waals surface area contributed by atoms with Gasteiger partial charge in [-0.05, 0) is 39.5 Å². The number of esters is 1. The lowest BCUT2D eigenvalue weighted by molar-refractivity contribution is -0.211. The molecular weight excluding hydrogens is 340 g/mol. The lowest BCUT2D eigenvalue weighted by Crippen LogP contribution is -2.64. The second-order valence-electron chi connectivity index (χ2n) is 6.94. The molecule has 26 heavy (non-hydrogen) atoms. The number of hydrogen-bond acceptors (Lipinski definition) is 7. The van der Waals surface area contributed by atoms with Crippen LogP contribution < -0.4 is 0 Å². The van der Waals surface area contributed by atoms with Crippen molar-refractivity contribution >= 4 is 12.1 Å². The van der Waals surface area contributed by atoms with Gasteiger partial charge in [-0.25, -0.2) is 9.59 Å². The van der Waals surface area contributed by atoms with Gasteiger partial charge in [-0.1, -0.05) is 6.42 Å². The number of amides is 1. The van der Waals surface area contributed by atoms with E-state index in [2.05, 4.69) is 0 Å². The van der Waals surface area contributed by atoms with E-state index >= 15 is 0 Å². The van der Waals surface area contributed by atoms with Crippen molar-refractivity contribution in [1.29, 1.82) is 0 Å². The Hall–Kier alpha value is -1.38. The first kappa shape index (κ1) is 20.9. The molecule has 8 nitrogen and oxygen atoms in total. The molecule has 2 aliphatic rings. The van der Waals surface area contributed by atoms with E-state index < -0.39 is 29.7 Å². The van der Waals surface area contributed by atoms with Crippen molar-refractivity contribution in [2.75, 3.05) is 39.5 Å². The topological polar surface area (TPSA) is 99.5 Å². The van der Waals surface area contributed by atoms with Gasteiger partial charge in [0, 0.05) is 25.6 Å². The molecule has 150 valence electrons. The van der Waals surface area contributed by atoms with Crippen LogP contribution in [-0.4, -0.2) is 83.3 Å². The normalized spacial score (nSPS) is 26.8. The molecule has 2 saturated heterocycles. The van der Waals surface area contributed by atoms with Crippen molar-refractivity contribution < 1.29 is 29.3 Å². The molecule has 0 aromatic carbocycles. The highest BCUT2D eigenvalue weighted by Gasteiger charge is 2.52. The Morgan fingerprint density at radius 1 is 1.08 bits per heavy atom. The molecule has 0 bridgehead atoms. The number of likely N-dealkylation sites (tertiary alicyclic amines) is 2. The number of carbonyl (C=O) groups excluding carboxylic acids is 2. The van der Waals surface area contributed by atoms with Gasteiger partial charge in [0.2, 0.25) is 5.72 Å². The predicted octanol–water partition coefficient (Wildman–Crippen LogP) is 0.953. The van der Waals surface area contributed by atoms with Crippen LogP contribution in [-0.2, 0) is 14.3 Å². The van der Waals surface area contributed by atoms with E-state index in [-0.39, 0.29) is 19.8 Å². The second-order valence-corrected chi connectivity index (χ2v) is 6.94. The minimum Gasteiger partial charge on any atom is -0.463 e. The number of aliphatic hydroxyl groups excluding tert-OH is 1. The maximum absolute atomic E-state index is 12.7. The fourth-order valence-electron chi connectivity index (χ4n) is 4.06. The zero-order valence-electron chi connectivity index (χ0n) is 15.9. The molecule has 8 heteroatoms. The monoisotopic (exact) mass is 372 g/mol. The van der Waals surface area contributed by atoms with Crippen molar-refractivity contribution in [3.05, 3.63) is 0 Å². The van der Waals surface area contributed by atoms with Crippen LogP contribution in [0, 0.1) is 5.92 Å². The van der Waals surface area contributed by atoms with Gasteiger partial charge >= 0.3 is 12.1 Å². The molecule has 2 aliphatic heterocycles. The summed E-state index contributed by atoms with van der Waals surface area (Å²) in [7, 11) is 0. The van der Waals surface area contributed by atoms with E-state index in [4.69, 9.17) is 9.47 Å². The van der Waals surface area contributed by atoms with Crippen LogP contribution in [0.25, 0.3) is 0 Å². The van der Waals surface area contributed by atoms with Gasteiger partial charge in [0.1, 0.15) is 0 Å². The highest BCUT2D eigenvalue weighted by Crippen LogP contribution is 2.36. The van der Waals surface area contributed by atoms with Crippen LogP contribution in [0.5, 0.6) is 0 Å². The van der Waals surface area contributed by atoms with E-state index in [0.717, 1.165) is 19.3 Å². The lowest BCUT2D eigenvalue weighted by Gasteiger charge is -2.48. The van der Waals surface area contributed by atoms with Gasteiger partial charge in [-0.2, -0.15) is 0 Å². The summed E-state index contributed by atoms with van der Waals surface area (Å²) in [6.45, 7) is 5.26. The van der Waals surface area contributed by atoms with Crippen molar-refractivity contribution in [2.45, 2.75) is 57.7 Å². The highest BCUT2D eigenvalue weighted by atomic mass is 16.6. The smallest absolute Gasteiger partial charge is 0.410 e. The minimum atomic E-state index is -1.72. The Labute approximate surface area is 155 Å². The molecule has 3 atom stereocenters. The maximum Gasteiger partial charge on any atom is 0.410 e. The van der Waals surface area contributed by atoms with Crippen molar-refractivity contribution in [3.63, 3.8) is 0 Å². The van der Waals surface area contributed by atoms with Gasteiger partial charge in [-0.15, -0.1) is 0 Å². The van der Waals surface area contributed by atoms with Gasteiger partial charge < -0.3 is 24.6 Å². The third-order valence-electron chi connectivity index (χ3n) is 5.41. The average molecular weight is 372 g/mol. The molecule has 0 radical (unpaired) electrons.